The number of nitrogens with zero attached hydrogens (tertiary/aromatic N) is 1. The number of hydrogen-bond acceptors (Lipinski definition) is 4. The van der Waals surface area contributed by atoms with Gasteiger partial charge in [0.2, 0.25) is 0 Å². The van der Waals surface area contributed by atoms with Crippen LogP contribution in [0.5, 0.6) is 0 Å². The molecule has 7 heteroatoms. The molecule has 0 fully saturated rings. The molecule has 1 aliphatic rings. The SMILES string of the molecule is Cc1[nH]c(C=C2C(=O)Nc3c2cccc3-c2csc(-c3ccccc3)n2)c(C)c1C(=O)O. The number of carboxylic acid groups (broad SMARTS) is 1. The number of benzene rings is 2. The third-order valence-electron chi connectivity index (χ3n) is 5.62. The number of aromatic nitrogens is 2. The highest BCUT2D eigenvalue weighted by molar-refractivity contribution is 7.13. The summed E-state index contributed by atoms with van der Waals surface area (Å²) in [6.07, 6.45) is 1.72. The first-order chi connectivity index (χ1) is 15.4. The number of H-pyrrole nitrogens is 1. The van der Waals surface area contributed by atoms with E-state index in [1.165, 1.54) is 0 Å². The second-order valence-electron chi connectivity index (χ2n) is 7.61. The highest BCUT2D eigenvalue weighted by Gasteiger charge is 2.28. The number of carbonyl (C=O) groups is 2. The molecule has 0 saturated heterocycles. The van der Waals surface area contributed by atoms with Crippen LogP contribution in [0, 0.1) is 13.8 Å². The summed E-state index contributed by atoms with van der Waals surface area (Å²) in [5.41, 5.74) is 6.68. The summed E-state index contributed by atoms with van der Waals surface area (Å²) in [6, 6.07) is 15.7. The van der Waals surface area contributed by atoms with Crippen molar-refractivity contribution in [3.05, 3.63) is 82.0 Å². The monoisotopic (exact) mass is 441 g/mol. The second-order valence-corrected chi connectivity index (χ2v) is 8.47. The van der Waals surface area contributed by atoms with Gasteiger partial charge < -0.3 is 15.4 Å². The molecule has 3 heterocycles. The first kappa shape index (κ1) is 20.0. The van der Waals surface area contributed by atoms with Gasteiger partial charge in [0, 0.05) is 33.5 Å². The predicted molar refractivity (Wildman–Crippen MR) is 127 cm³/mol. The number of hydrogen-bond donors (Lipinski definition) is 3. The number of thiazole rings is 1. The lowest BCUT2D eigenvalue weighted by atomic mass is 10.0. The zero-order valence-corrected chi connectivity index (χ0v) is 18.2. The molecule has 5 rings (SSSR count). The minimum Gasteiger partial charge on any atom is -0.478 e. The summed E-state index contributed by atoms with van der Waals surface area (Å²) in [5, 5.41) is 15.3. The number of fused-ring (bicyclic) bond motifs is 1. The molecular formula is C25H19N3O3S. The molecule has 32 heavy (non-hydrogen) atoms. The van der Waals surface area contributed by atoms with Crippen LogP contribution in [-0.2, 0) is 4.79 Å². The van der Waals surface area contributed by atoms with Crippen molar-refractivity contribution in [1.82, 2.24) is 9.97 Å². The van der Waals surface area contributed by atoms with Crippen LogP contribution in [0.15, 0.2) is 53.9 Å². The highest BCUT2D eigenvalue weighted by Crippen LogP contribution is 2.41. The molecule has 1 amide bonds. The van der Waals surface area contributed by atoms with Crippen LogP contribution in [0.25, 0.3) is 33.5 Å². The largest absolute Gasteiger partial charge is 0.478 e. The van der Waals surface area contributed by atoms with Crippen molar-refractivity contribution in [3.8, 4) is 21.8 Å². The predicted octanol–water partition coefficient (Wildman–Crippen LogP) is 5.61. The van der Waals surface area contributed by atoms with Gasteiger partial charge in [-0.05, 0) is 25.5 Å². The van der Waals surface area contributed by atoms with E-state index in [0.717, 1.165) is 27.4 Å². The highest BCUT2D eigenvalue weighted by atomic mass is 32.1. The van der Waals surface area contributed by atoms with E-state index >= 15 is 0 Å². The molecule has 6 nitrogen and oxygen atoms in total. The molecule has 0 atom stereocenters. The van der Waals surface area contributed by atoms with Crippen LogP contribution in [0.4, 0.5) is 5.69 Å². The topological polar surface area (TPSA) is 95.1 Å². The second kappa shape index (κ2) is 7.62. The number of aromatic carboxylic acids is 1. The van der Waals surface area contributed by atoms with Crippen molar-refractivity contribution in [2.45, 2.75) is 13.8 Å². The molecule has 0 spiro atoms. The quantitative estimate of drug-likeness (QED) is 0.359. The zero-order chi connectivity index (χ0) is 22.4. The number of nitrogens with one attached hydrogen (secondary N) is 2. The Balaban J connectivity index is 1.57. The fourth-order valence-electron chi connectivity index (χ4n) is 4.07. The fourth-order valence-corrected chi connectivity index (χ4v) is 4.89. The van der Waals surface area contributed by atoms with E-state index in [4.69, 9.17) is 4.98 Å². The Kier molecular flexibility index (Phi) is 4.75. The summed E-state index contributed by atoms with van der Waals surface area (Å²) in [5.74, 6) is -1.22. The number of rotatable bonds is 4. The van der Waals surface area contributed by atoms with Crippen molar-refractivity contribution in [2.75, 3.05) is 5.32 Å². The van der Waals surface area contributed by atoms with Crippen molar-refractivity contribution in [1.29, 1.82) is 0 Å². The van der Waals surface area contributed by atoms with Gasteiger partial charge >= 0.3 is 5.97 Å². The van der Waals surface area contributed by atoms with Gasteiger partial charge in [-0.1, -0.05) is 48.5 Å². The van der Waals surface area contributed by atoms with E-state index in [1.807, 2.05) is 53.9 Å². The van der Waals surface area contributed by atoms with E-state index in [-0.39, 0.29) is 11.5 Å². The maximum atomic E-state index is 12.9. The molecule has 0 saturated carbocycles. The van der Waals surface area contributed by atoms with Gasteiger partial charge in [0.1, 0.15) is 5.01 Å². The van der Waals surface area contributed by atoms with Gasteiger partial charge in [-0.25, -0.2) is 9.78 Å². The summed E-state index contributed by atoms with van der Waals surface area (Å²) in [4.78, 5) is 32.3. The Hall–Kier alpha value is -3.97. The third-order valence-corrected chi connectivity index (χ3v) is 6.51. The van der Waals surface area contributed by atoms with Gasteiger partial charge in [0.15, 0.2) is 0 Å². The van der Waals surface area contributed by atoms with Gasteiger partial charge in [-0.2, -0.15) is 0 Å². The van der Waals surface area contributed by atoms with Crippen LogP contribution in [0.1, 0.15) is 32.9 Å². The first-order valence-electron chi connectivity index (χ1n) is 10.0. The minimum atomic E-state index is -0.989. The van der Waals surface area contributed by atoms with Crippen LogP contribution in [0.3, 0.4) is 0 Å². The maximum absolute atomic E-state index is 12.9. The average molecular weight is 442 g/mol. The maximum Gasteiger partial charge on any atom is 0.337 e. The van der Waals surface area contributed by atoms with Crippen LogP contribution in [0.2, 0.25) is 0 Å². The number of aromatic amines is 1. The molecular weight excluding hydrogens is 422 g/mol. The molecule has 0 bridgehead atoms. The lowest BCUT2D eigenvalue weighted by Crippen LogP contribution is -2.04. The van der Waals surface area contributed by atoms with E-state index < -0.39 is 5.97 Å². The number of amides is 1. The minimum absolute atomic E-state index is 0.227. The molecule has 0 unspecified atom stereocenters. The molecule has 3 N–H and O–H groups in total. The van der Waals surface area contributed by atoms with Gasteiger partial charge in [-0.15, -0.1) is 11.3 Å². The van der Waals surface area contributed by atoms with Crippen molar-refractivity contribution < 1.29 is 14.7 Å². The van der Waals surface area contributed by atoms with Gasteiger partial charge in [-0.3, -0.25) is 4.79 Å². The smallest absolute Gasteiger partial charge is 0.337 e. The Morgan fingerprint density at radius 2 is 1.81 bits per heavy atom. The molecule has 2 aromatic carbocycles. The van der Waals surface area contributed by atoms with E-state index in [0.29, 0.717) is 28.2 Å². The normalized spacial score (nSPS) is 13.9. The summed E-state index contributed by atoms with van der Waals surface area (Å²) in [6.45, 7) is 3.45. The van der Waals surface area contributed by atoms with Gasteiger partial charge in [0.25, 0.3) is 5.91 Å². The Morgan fingerprint density at radius 1 is 1.06 bits per heavy atom. The number of para-hydroxylation sites is 1. The zero-order valence-electron chi connectivity index (χ0n) is 17.4. The Morgan fingerprint density at radius 3 is 2.53 bits per heavy atom. The molecule has 0 aliphatic carbocycles. The lowest BCUT2D eigenvalue weighted by molar-refractivity contribution is -0.110. The number of carbonyl (C=O) groups excluding carboxylic acids is 1. The third kappa shape index (κ3) is 3.23. The molecule has 4 aromatic rings. The number of aryl methyl sites for hydroxylation is 1. The Bertz CT molecular complexity index is 1410. The summed E-state index contributed by atoms with van der Waals surface area (Å²) < 4.78 is 0. The van der Waals surface area contributed by atoms with Gasteiger partial charge in [0.05, 0.1) is 22.5 Å². The van der Waals surface area contributed by atoms with E-state index in [9.17, 15) is 14.7 Å². The van der Waals surface area contributed by atoms with Crippen molar-refractivity contribution in [3.63, 3.8) is 0 Å². The lowest BCUT2D eigenvalue weighted by Gasteiger charge is -2.05. The van der Waals surface area contributed by atoms with Crippen LogP contribution in [-0.4, -0.2) is 27.0 Å². The number of carboxylic acids is 1. The summed E-state index contributed by atoms with van der Waals surface area (Å²) in [7, 11) is 0. The molecule has 158 valence electrons. The molecule has 2 aromatic heterocycles. The molecule has 0 radical (unpaired) electrons. The summed E-state index contributed by atoms with van der Waals surface area (Å²) >= 11 is 1.56. The molecule has 1 aliphatic heterocycles. The van der Waals surface area contributed by atoms with Crippen LogP contribution >= 0.6 is 11.3 Å². The number of anilines is 1. The van der Waals surface area contributed by atoms with Crippen molar-refractivity contribution >= 4 is 40.5 Å². The van der Waals surface area contributed by atoms with E-state index in [1.54, 1.807) is 31.3 Å². The van der Waals surface area contributed by atoms with Crippen LogP contribution < -0.4 is 5.32 Å². The fraction of sp³-hybridized carbons (Fsp3) is 0.0800. The van der Waals surface area contributed by atoms with E-state index in [2.05, 4.69) is 10.3 Å². The average Bonchev–Trinajstić information content (AvgIpc) is 3.45. The van der Waals surface area contributed by atoms with Crippen molar-refractivity contribution in [2.24, 2.45) is 0 Å². The first-order valence-corrected chi connectivity index (χ1v) is 10.9. The standard InChI is InChI=1S/C25H19N3O3S/c1-13-19(26-14(2)21(13)25(30)31)11-18-16-9-6-10-17(22(16)28-23(18)29)20-12-32-24(27-20)15-7-4-3-5-8-15/h3-12,26H,1-2H3,(H,28,29)(H,30,31). The Labute approximate surface area is 188 Å².